The van der Waals surface area contributed by atoms with E-state index in [0.717, 1.165) is 37.1 Å². The number of aromatic nitrogens is 3. The minimum Gasteiger partial charge on any atom is -0.508 e. The second-order valence-electron chi connectivity index (χ2n) is 6.14. The first kappa shape index (κ1) is 17.8. The molecular formula is C18H23N3O3S. The Balaban J connectivity index is 1.62. The smallest absolute Gasteiger partial charge is 0.316 e. The lowest BCUT2D eigenvalue weighted by molar-refractivity contribution is -0.147. The summed E-state index contributed by atoms with van der Waals surface area (Å²) in [6, 6.07) is 6.85. The summed E-state index contributed by atoms with van der Waals surface area (Å²) in [6.45, 7) is 2.71. The predicted molar refractivity (Wildman–Crippen MR) is 96.5 cm³/mol. The molecule has 0 spiro atoms. The average Bonchev–Trinajstić information content (AvgIpc) is 3.04. The van der Waals surface area contributed by atoms with Gasteiger partial charge in [0.05, 0.1) is 5.75 Å². The Morgan fingerprint density at radius 2 is 1.96 bits per heavy atom. The first-order chi connectivity index (χ1) is 12.2. The standard InChI is InChI=1S/C18H23N3O3S/c1-2-21-17(13-8-10-14(22)11-9-13)19-20-18(21)25-12-16(23)24-15-6-4-3-5-7-15/h8-11,15,22H,2-7,12H2,1H3. The van der Waals surface area contributed by atoms with Crippen LogP contribution in [0.4, 0.5) is 0 Å². The number of benzene rings is 1. The molecule has 6 nitrogen and oxygen atoms in total. The van der Waals surface area contributed by atoms with Crippen molar-refractivity contribution in [2.45, 2.75) is 56.8 Å². The number of ether oxygens (including phenoxy) is 1. The molecule has 1 aromatic carbocycles. The van der Waals surface area contributed by atoms with Gasteiger partial charge < -0.3 is 14.4 Å². The van der Waals surface area contributed by atoms with Crippen molar-refractivity contribution in [3.8, 4) is 17.1 Å². The maximum absolute atomic E-state index is 12.1. The van der Waals surface area contributed by atoms with Crippen LogP contribution in [0, 0.1) is 0 Å². The van der Waals surface area contributed by atoms with Crippen LogP contribution in [0.15, 0.2) is 29.4 Å². The molecule has 134 valence electrons. The minimum atomic E-state index is -0.186. The number of aromatic hydroxyl groups is 1. The minimum absolute atomic E-state index is 0.0819. The van der Waals surface area contributed by atoms with Gasteiger partial charge in [-0.15, -0.1) is 10.2 Å². The molecule has 0 unspecified atom stereocenters. The maximum atomic E-state index is 12.1. The first-order valence-corrected chi connectivity index (χ1v) is 9.71. The molecule has 1 saturated carbocycles. The summed E-state index contributed by atoms with van der Waals surface area (Å²) in [5.74, 6) is 0.996. The highest BCUT2D eigenvalue weighted by Gasteiger charge is 2.19. The van der Waals surface area contributed by atoms with Crippen LogP contribution in [0.2, 0.25) is 0 Å². The molecule has 1 N–H and O–H groups in total. The molecule has 25 heavy (non-hydrogen) atoms. The van der Waals surface area contributed by atoms with Crippen LogP contribution >= 0.6 is 11.8 Å². The second-order valence-corrected chi connectivity index (χ2v) is 7.08. The third kappa shape index (κ3) is 4.54. The van der Waals surface area contributed by atoms with Crippen LogP contribution in [0.1, 0.15) is 39.0 Å². The molecule has 1 fully saturated rings. The molecule has 2 aromatic rings. The maximum Gasteiger partial charge on any atom is 0.316 e. The van der Waals surface area contributed by atoms with E-state index in [4.69, 9.17) is 4.74 Å². The quantitative estimate of drug-likeness (QED) is 0.625. The largest absolute Gasteiger partial charge is 0.508 e. The molecule has 0 saturated heterocycles. The lowest BCUT2D eigenvalue weighted by atomic mass is 9.98. The molecular weight excluding hydrogens is 338 g/mol. The molecule has 1 heterocycles. The highest BCUT2D eigenvalue weighted by atomic mass is 32.2. The number of rotatable bonds is 6. The van der Waals surface area contributed by atoms with Crippen molar-refractivity contribution in [2.75, 3.05) is 5.75 Å². The summed E-state index contributed by atoms with van der Waals surface area (Å²) in [5, 5.41) is 18.6. The first-order valence-electron chi connectivity index (χ1n) is 8.72. The van der Waals surface area contributed by atoms with Crippen molar-refractivity contribution in [1.82, 2.24) is 14.8 Å². The molecule has 0 atom stereocenters. The van der Waals surface area contributed by atoms with E-state index in [-0.39, 0.29) is 23.6 Å². The van der Waals surface area contributed by atoms with Gasteiger partial charge in [-0.3, -0.25) is 4.79 Å². The van der Waals surface area contributed by atoms with E-state index in [1.54, 1.807) is 24.3 Å². The number of carbonyl (C=O) groups excluding carboxylic acids is 1. The van der Waals surface area contributed by atoms with Gasteiger partial charge in [-0.05, 0) is 56.9 Å². The number of hydrogen-bond donors (Lipinski definition) is 1. The predicted octanol–water partition coefficient (Wildman–Crippen LogP) is 3.64. The molecule has 0 radical (unpaired) electrons. The average molecular weight is 361 g/mol. The summed E-state index contributed by atoms with van der Waals surface area (Å²) in [4.78, 5) is 12.1. The summed E-state index contributed by atoms with van der Waals surface area (Å²) in [6.07, 6.45) is 5.57. The van der Waals surface area contributed by atoms with Crippen molar-refractivity contribution in [3.05, 3.63) is 24.3 Å². The van der Waals surface area contributed by atoms with Crippen LogP contribution < -0.4 is 0 Å². The lowest BCUT2D eigenvalue weighted by Gasteiger charge is -2.21. The van der Waals surface area contributed by atoms with E-state index in [0.29, 0.717) is 11.7 Å². The van der Waals surface area contributed by atoms with Gasteiger partial charge in [-0.1, -0.05) is 18.2 Å². The summed E-state index contributed by atoms with van der Waals surface area (Å²) >= 11 is 1.35. The van der Waals surface area contributed by atoms with Crippen LogP contribution in [-0.2, 0) is 16.1 Å². The fraction of sp³-hybridized carbons (Fsp3) is 0.500. The molecule has 0 bridgehead atoms. The second kappa shape index (κ2) is 8.38. The zero-order valence-corrected chi connectivity index (χ0v) is 15.2. The van der Waals surface area contributed by atoms with Crippen molar-refractivity contribution in [1.29, 1.82) is 0 Å². The van der Waals surface area contributed by atoms with E-state index < -0.39 is 0 Å². The van der Waals surface area contributed by atoms with Crippen molar-refractivity contribution >= 4 is 17.7 Å². The number of phenolic OH excluding ortho intramolecular Hbond substituents is 1. The van der Waals surface area contributed by atoms with Crippen molar-refractivity contribution in [3.63, 3.8) is 0 Å². The van der Waals surface area contributed by atoms with E-state index >= 15 is 0 Å². The van der Waals surface area contributed by atoms with Gasteiger partial charge in [-0.25, -0.2) is 0 Å². The van der Waals surface area contributed by atoms with E-state index in [1.807, 2.05) is 11.5 Å². The highest BCUT2D eigenvalue weighted by molar-refractivity contribution is 7.99. The van der Waals surface area contributed by atoms with Gasteiger partial charge in [0.25, 0.3) is 0 Å². The number of esters is 1. The zero-order chi connectivity index (χ0) is 17.6. The van der Waals surface area contributed by atoms with E-state index in [1.165, 1.54) is 18.2 Å². The van der Waals surface area contributed by atoms with Crippen LogP contribution in [-0.4, -0.2) is 37.7 Å². The van der Waals surface area contributed by atoms with Gasteiger partial charge in [0, 0.05) is 12.1 Å². The van der Waals surface area contributed by atoms with Gasteiger partial charge >= 0.3 is 5.97 Å². The Hall–Kier alpha value is -2.02. The van der Waals surface area contributed by atoms with Gasteiger partial charge in [0.15, 0.2) is 11.0 Å². The number of carbonyl (C=O) groups is 1. The molecule has 3 rings (SSSR count). The summed E-state index contributed by atoms with van der Waals surface area (Å²) < 4.78 is 7.51. The highest BCUT2D eigenvalue weighted by Crippen LogP contribution is 2.26. The molecule has 1 aliphatic carbocycles. The van der Waals surface area contributed by atoms with E-state index in [2.05, 4.69) is 10.2 Å². The summed E-state index contributed by atoms with van der Waals surface area (Å²) in [5.41, 5.74) is 0.879. The lowest BCUT2D eigenvalue weighted by Crippen LogP contribution is -2.22. The van der Waals surface area contributed by atoms with Gasteiger partial charge in [0.1, 0.15) is 11.9 Å². The Morgan fingerprint density at radius 1 is 1.24 bits per heavy atom. The fourth-order valence-electron chi connectivity index (χ4n) is 3.03. The summed E-state index contributed by atoms with van der Waals surface area (Å²) in [7, 11) is 0. The van der Waals surface area contributed by atoms with Crippen molar-refractivity contribution in [2.24, 2.45) is 0 Å². The molecule has 1 aliphatic rings. The molecule has 0 aliphatic heterocycles. The normalized spacial score (nSPS) is 15.2. The van der Waals surface area contributed by atoms with Crippen molar-refractivity contribution < 1.29 is 14.6 Å². The monoisotopic (exact) mass is 361 g/mol. The fourth-order valence-corrected chi connectivity index (χ4v) is 3.82. The SMILES string of the molecule is CCn1c(SCC(=O)OC2CCCCC2)nnc1-c1ccc(O)cc1. The number of hydrogen-bond acceptors (Lipinski definition) is 6. The number of phenols is 1. The zero-order valence-electron chi connectivity index (χ0n) is 14.4. The third-order valence-corrected chi connectivity index (χ3v) is 5.27. The van der Waals surface area contributed by atoms with E-state index in [9.17, 15) is 9.90 Å². The van der Waals surface area contributed by atoms with Crippen LogP contribution in [0.5, 0.6) is 5.75 Å². The number of nitrogens with zero attached hydrogens (tertiary/aromatic N) is 3. The molecule has 1 aromatic heterocycles. The topological polar surface area (TPSA) is 77.2 Å². The Kier molecular flexibility index (Phi) is 5.96. The Labute approximate surface area is 151 Å². The number of thioether (sulfide) groups is 1. The van der Waals surface area contributed by atoms with Gasteiger partial charge in [-0.2, -0.15) is 0 Å². The Bertz CT molecular complexity index is 709. The molecule has 7 heteroatoms. The van der Waals surface area contributed by atoms with Gasteiger partial charge in [0.2, 0.25) is 0 Å². The third-order valence-electron chi connectivity index (χ3n) is 4.33. The Morgan fingerprint density at radius 3 is 2.64 bits per heavy atom. The van der Waals surface area contributed by atoms with Crippen LogP contribution in [0.25, 0.3) is 11.4 Å². The molecule has 0 amide bonds. The van der Waals surface area contributed by atoms with Crippen LogP contribution in [0.3, 0.4) is 0 Å².